The first-order chi connectivity index (χ1) is 9.74. The predicted molar refractivity (Wildman–Crippen MR) is 77.0 cm³/mol. The monoisotopic (exact) mass is 264 g/mol. The Bertz CT molecular complexity index is 816. The minimum atomic E-state index is -0.404. The maximum atomic E-state index is 12.1. The molecule has 98 valence electrons. The van der Waals surface area contributed by atoms with Gasteiger partial charge in [-0.05, 0) is 17.5 Å². The molecular weight excluding hydrogens is 252 g/mol. The van der Waals surface area contributed by atoms with Crippen LogP contribution in [0.5, 0.6) is 0 Å². The summed E-state index contributed by atoms with van der Waals surface area (Å²) in [5.41, 5.74) is 0.210. The van der Waals surface area contributed by atoms with E-state index in [-0.39, 0.29) is 12.2 Å². The predicted octanol–water partition coefficient (Wildman–Crippen LogP) is 3.22. The van der Waals surface area contributed by atoms with Crippen LogP contribution >= 0.6 is 0 Å². The third-order valence-corrected chi connectivity index (χ3v) is 3.15. The zero-order valence-electron chi connectivity index (χ0n) is 10.7. The van der Waals surface area contributed by atoms with E-state index in [4.69, 9.17) is 4.42 Å². The Balaban J connectivity index is 1.96. The van der Waals surface area contributed by atoms with E-state index in [9.17, 15) is 9.59 Å². The Labute approximate surface area is 115 Å². The van der Waals surface area contributed by atoms with Crippen LogP contribution in [0.3, 0.4) is 0 Å². The zero-order chi connectivity index (χ0) is 13.9. The van der Waals surface area contributed by atoms with E-state index in [0.717, 1.165) is 5.39 Å². The zero-order valence-corrected chi connectivity index (χ0v) is 10.7. The first kappa shape index (κ1) is 12.4. The van der Waals surface area contributed by atoms with Crippen molar-refractivity contribution in [2.24, 2.45) is 0 Å². The van der Waals surface area contributed by atoms with Crippen molar-refractivity contribution in [1.29, 1.82) is 0 Å². The van der Waals surface area contributed by atoms with E-state index in [2.05, 4.69) is 0 Å². The first-order valence-corrected chi connectivity index (χ1v) is 6.34. The molecule has 0 atom stereocenters. The van der Waals surface area contributed by atoms with Crippen LogP contribution in [0.1, 0.15) is 16.1 Å². The van der Waals surface area contributed by atoms with Gasteiger partial charge in [-0.2, -0.15) is 0 Å². The first-order valence-electron chi connectivity index (χ1n) is 6.34. The molecule has 0 saturated carbocycles. The lowest BCUT2D eigenvalue weighted by Gasteiger charge is -2.02. The van der Waals surface area contributed by atoms with Crippen LogP contribution in [0.15, 0.2) is 69.9 Å². The molecule has 0 radical (unpaired) electrons. The molecule has 1 heterocycles. The lowest BCUT2D eigenvalue weighted by atomic mass is 10.1. The van der Waals surface area contributed by atoms with E-state index < -0.39 is 5.63 Å². The van der Waals surface area contributed by atoms with Gasteiger partial charge in [-0.3, -0.25) is 4.79 Å². The molecule has 0 unspecified atom stereocenters. The summed E-state index contributed by atoms with van der Waals surface area (Å²) < 4.78 is 5.21. The van der Waals surface area contributed by atoms with Gasteiger partial charge < -0.3 is 4.42 Å². The van der Waals surface area contributed by atoms with Crippen molar-refractivity contribution in [2.45, 2.75) is 6.42 Å². The molecule has 0 spiro atoms. The average molecular weight is 264 g/mol. The molecular formula is C17H12O3. The molecule has 0 fully saturated rings. The molecule has 1 aromatic heterocycles. The van der Waals surface area contributed by atoms with Gasteiger partial charge in [-0.15, -0.1) is 0 Å². The number of Topliss-reactive ketones (excluding diaryl/α,β-unsaturated/α-hetero) is 1. The number of carbonyl (C=O) groups is 1. The van der Waals surface area contributed by atoms with Crippen molar-refractivity contribution in [1.82, 2.24) is 0 Å². The molecule has 0 aliphatic carbocycles. The standard InChI is InChI=1S/C17H12O3/c18-16(12-6-2-1-3-7-12)11-14-10-13-8-4-5-9-15(13)17(19)20-14/h1-10H,11H2. The summed E-state index contributed by atoms with van der Waals surface area (Å²) >= 11 is 0. The van der Waals surface area contributed by atoms with E-state index in [0.29, 0.717) is 16.7 Å². The molecule has 3 heteroatoms. The van der Waals surface area contributed by atoms with E-state index >= 15 is 0 Å². The van der Waals surface area contributed by atoms with Crippen LogP contribution in [0.2, 0.25) is 0 Å². The van der Waals surface area contributed by atoms with Crippen LogP contribution in [-0.4, -0.2) is 5.78 Å². The van der Waals surface area contributed by atoms with Crippen molar-refractivity contribution in [2.75, 3.05) is 0 Å². The van der Waals surface area contributed by atoms with Gasteiger partial charge in [0.2, 0.25) is 0 Å². The summed E-state index contributed by atoms with van der Waals surface area (Å²) in [6, 6.07) is 17.9. The van der Waals surface area contributed by atoms with E-state index in [1.165, 1.54) is 0 Å². The second-order valence-electron chi connectivity index (χ2n) is 4.55. The van der Waals surface area contributed by atoms with Gasteiger partial charge in [0.05, 0.1) is 11.8 Å². The van der Waals surface area contributed by atoms with Crippen molar-refractivity contribution < 1.29 is 9.21 Å². The van der Waals surface area contributed by atoms with E-state index in [1.807, 2.05) is 30.3 Å². The lowest BCUT2D eigenvalue weighted by Crippen LogP contribution is -2.07. The fraction of sp³-hybridized carbons (Fsp3) is 0.0588. The van der Waals surface area contributed by atoms with Crippen LogP contribution in [0.25, 0.3) is 10.8 Å². The Morgan fingerprint density at radius 1 is 0.950 bits per heavy atom. The Kier molecular flexibility index (Phi) is 3.17. The second-order valence-corrected chi connectivity index (χ2v) is 4.55. The van der Waals surface area contributed by atoms with Crippen LogP contribution in [-0.2, 0) is 6.42 Å². The number of carbonyl (C=O) groups excluding carboxylic acids is 1. The number of rotatable bonds is 3. The van der Waals surface area contributed by atoms with Crippen LogP contribution < -0.4 is 5.63 Å². The Morgan fingerprint density at radius 3 is 2.45 bits per heavy atom. The minimum absolute atomic E-state index is 0.0657. The fourth-order valence-corrected chi connectivity index (χ4v) is 2.16. The van der Waals surface area contributed by atoms with E-state index in [1.54, 1.807) is 30.3 Å². The maximum Gasteiger partial charge on any atom is 0.343 e. The number of ketones is 1. The molecule has 0 aliphatic heterocycles. The molecule has 3 aromatic rings. The summed E-state index contributed by atoms with van der Waals surface area (Å²) in [7, 11) is 0. The molecule has 2 aromatic carbocycles. The lowest BCUT2D eigenvalue weighted by molar-refractivity contribution is 0.0986. The van der Waals surface area contributed by atoms with Gasteiger partial charge in [-0.25, -0.2) is 4.79 Å². The van der Waals surface area contributed by atoms with Gasteiger partial charge in [0, 0.05) is 5.56 Å². The number of hydrogen-bond donors (Lipinski definition) is 0. The largest absolute Gasteiger partial charge is 0.427 e. The molecule has 20 heavy (non-hydrogen) atoms. The third-order valence-electron chi connectivity index (χ3n) is 3.15. The number of hydrogen-bond acceptors (Lipinski definition) is 3. The summed E-state index contributed by atoms with van der Waals surface area (Å²) in [5, 5.41) is 1.32. The van der Waals surface area contributed by atoms with Gasteiger partial charge in [0.1, 0.15) is 5.76 Å². The van der Waals surface area contributed by atoms with Crippen molar-refractivity contribution >= 4 is 16.6 Å². The summed E-state index contributed by atoms with van der Waals surface area (Å²) in [5.74, 6) is 0.326. The quantitative estimate of drug-likeness (QED) is 0.682. The Hall–Kier alpha value is -2.68. The molecule has 3 rings (SSSR count). The second kappa shape index (κ2) is 5.13. The van der Waals surface area contributed by atoms with Gasteiger partial charge in [0.15, 0.2) is 5.78 Å². The molecule has 0 amide bonds. The van der Waals surface area contributed by atoms with Crippen molar-refractivity contribution in [3.8, 4) is 0 Å². The minimum Gasteiger partial charge on any atom is -0.427 e. The molecule has 3 nitrogen and oxygen atoms in total. The molecule has 0 bridgehead atoms. The topological polar surface area (TPSA) is 47.3 Å². The maximum absolute atomic E-state index is 12.1. The molecule has 0 saturated heterocycles. The van der Waals surface area contributed by atoms with Crippen LogP contribution in [0, 0.1) is 0 Å². The average Bonchev–Trinajstić information content (AvgIpc) is 2.48. The highest BCUT2D eigenvalue weighted by molar-refractivity contribution is 5.97. The highest BCUT2D eigenvalue weighted by atomic mass is 16.4. The fourth-order valence-electron chi connectivity index (χ4n) is 2.16. The van der Waals surface area contributed by atoms with Crippen molar-refractivity contribution in [3.63, 3.8) is 0 Å². The highest BCUT2D eigenvalue weighted by Gasteiger charge is 2.10. The van der Waals surface area contributed by atoms with Crippen LogP contribution in [0.4, 0.5) is 0 Å². The number of benzene rings is 2. The highest BCUT2D eigenvalue weighted by Crippen LogP contribution is 2.13. The number of fused-ring (bicyclic) bond motifs is 1. The van der Waals surface area contributed by atoms with Gasteiger partial charge in [0.25, 0.3) is 0 Å². The SMILES string of the molecule is O=C(Cc1cc2ccccc2c(=O)o1)c1ccccc1. The summed E-state index contributed by atoms with van der Waals surface area (Å²) in [6.45, 7) is 0. The van der Waals surface area contributed by atoms with Crippen molar-refractivity contribution in [3.05, 3.63) is 82.4 Å². The smallest absolute Gasteiger partial charge is 0.343 e. The third kappa shape index (κ3) is 2.38. The molecule has 0 N–H and O–H groups in total. The normalized spacial score (nSPS) is 10.6. The molecule has 0 aliphatic rings. The summed E-state index contributed by atoms with van der Waals surface area (Å²) in [4.78, 5) is 23.9. The van der Waals surface area contributed by atoms with Gasteiger partial charge >= 0.3 is 5.63 Å². The Morgan fingerprint density at radius 2 is 1.65 bits per heavy atom. The summed E-state index contributed by atoms with van der Waals surface area (Å²) in [6.07, 6.45) is 0.0874. The van der Waals surface area contributed by atoms with Gasteiger partial charge in [-0.1, -0.05) is 48.5 Å².